The average molecular weight is 295 g/mol. The smallest absolute Gasteiger partial charge is 0.187 e. The van der Waals surface area contributed by atoms with Gasteiger partial charge in [-0.2, -0.15) is 5.26 Å². The maximum atomic E-state index is 8.93. The fourth-order valence-corrected chi connectivity index (χ4v) is 2.44. The van der Waals surface area contributed by atoms with Crippen molar-refractivity contribution < 1.29 is 0 Å². The van der Waals surface area contributed by atoms with Crippen molar-refractivity contribution in [1.29, 1.82) is 5.26 Å². The molecule has 0 aliphatic rings. The first-order chi connectivity index (χ1) is 11.2. The van der Waals surface area contributed by atoms with Crippen molar-refractivity contribution in [2.24, 2.45) is 0 Å². The Hall–Kier alpha value is -3.43. The number of hydrogen-bond acceptors (Lipinski definition) is 2. The minimum Gasteiger partial charge on any atom is -0.255 e. The molecule has 0 aliphatic carbocycles. The van der Waals surface area contributed by atoms with E-state index in [1.807, 2.05) is 49.5 Å². The summed E-state index contributed by atoms with van der Waals surface area (Å²) in [6.45, 7) is 9.06. The zero-order valence-electron chi connectivity index (χ0n) is 12.6. The number of aromatic nitrogens is 1. The van der Waals surface area contributed by atoms with Crippen molar-refractivity contribution in [2.75, 3.05) is 0 Å². The number of nitrogens with zero attached hydrogens (tertiary/aromatic N) is 3. The van der Waals surface area contributed by atoms with Crippen LogP contribution in [0.4, 0.5) is 5.69 Å². The van der Waals surface area contributed by atoms with E-state index >= 15 is 0 Å². The predicted molar refractivity (Wildman–Crippen MR) is 90.8 cm³/mol. The van der Waals surface area contributed by atoms with Crippen LogP contribution in [0.3, 0.4) is 0 Å². The zero-order chi connectivity index (χ0) is 16.2. The van der Waals surface area contributed by atoms with Crippen molar-refractivity contribution in [3.05, 3.63) is 83.3 Å². The molecule has 3 nitrogen and oxygen atoms in total. The number of benzene rings is 2. The summed E-state index contributed by atoms with van der Waals surface area (Å²) in [6.07, 6.45) is 1.84. The molecule has 2 aromatic carbocycles. The van der Waals surface area contributed by atoms with Gasteiger partial charge >= 0.3 is 0 Å². The Labute approximate surface area is 135 Å². The van der Waals surface area contributed by atoms with Crippen molar-refractivity contribution in [3.63, 3.8) is 0 Å². The van der Waals surface area contributed by atoms with Gasteiger partial charge in [0.05, 0.1) is 23.9 Å². The van der Waals surface area contributed by atoms with E-state index in [-0.39, 0.29) is 0 Å². The molecule has 0 atom stereocenters. The van der Waals surface area contributed by atoms with Crippen LogP contribution in [0.15, 0.2) is 60.8 Å². The molecular weight excluding hydrogens is 282 g/mol. The summed E-state index contributed by atoms with van der Waals surface area (Å²) in [4.78, 5) is 8.01. The maximum Gasteiger partial charge on any atom is 0.187 e. The number of rotatable bonds is 2. The lowest BCUT2D eigenvalue weighted by Crippen LogP contribution is -1.91. The quantitative estimate of drug-likeness (QED) is 0.614. The van der Waals surface area contributed by atoms with Crippen LogP contribution in [0.2, 0.25) is 0 Å². The van der Waals surface area contributed by atoms with Gasteiger partial charge in [0.2, 0.25) is 0 Å². The first-order valence-corrected chi connectivity index (χ1v) is 7.16. The van der Waals surface area contributed by atoms with Crippen LogP contribution in [0.5, 0.6) is 0 Å². The van der Waals surface area contributed by atoms with Crippen molar-refractivity contribution in [1.82, 2.24) is 4.98 Å². The Kier molecular flexibility index (Phi) is 3.87. The Morgan fingerprint density at radius 3 is 2.26 bits per heavy atom. The van der Waals surface area contributed by atoms with Gasteiger partial charge in [-0.15, -0.1) is 0 Å². The van der Waals surface area contributed by atoms with Gasteiger partial charge in [0, 0.05) is 17.3 Å². The van der Waals surface area contributed by atoms with E-state index in [0.29, 0.717) is 11.3 Å². The highest BCUT2D eigenvalue weighted by atomic mass is 14.7. The molecule has 0 aliphatic heterocycles. The molecule has 3 aromatic rings. The van der Waals surface area contributed by atoms with Crippen LogP contribution < -0.4 is 0 Å². The molecule has 0 unspecified atom stereocenters. The van der Waals surface area contributed by atoms with Gasteiger partial charge in [0.15, 0.2) is 5.69 Å². The van der Waals surface area contributed by atoms with Crippen LogP contribution in [-0.4, -0.2) is 4.98 Å². The maximum absolute atomic E-state index is 8.93. The molecule has 108 valence electrons. The second-order valence-corrected chi connectivity index (χ2v) is 5.26. The van der Waals surface area contributed by atoms with Gasteiger partial charge in [-0.3, -0.25) is 4.98 Å². The van der Waals surface area contributed by atoms with E-state index in [2.05, 4.69) is 22.0 Å². The lowest BCUT2D eigenvalue weighted by molar-refractivity contribution is 1.27. The molecule has 1 heterocycles. The third kappa shape index (κ3) is 2.95. The molecule has 0 spiro atoms. The second kappa shape index (κ2) is 6.13. The van der Waals surface area contributed by atoms with Crippen LogP contribution in [0, 0.1) is 24.8 Å². The molecule has 0 saturated heterocycles. The summed E-state index contributed by atoms with van der Waals surface area (Å²) in [7, 11) is 0. The van der Waals surface area contributed by atoms with E-state index in [1.165, 1.54) is 0 Å². The molecule has 0 saturated carbocycles. The minimum atomic E-state index is 0.620. The summed E-state index contributed by atoms with van der Waals surface area (Å²) in [6, 6.07) is 19.1. The van der Waals surface area contributed by atoms with Crippen molar-refractivity contribution in [3.8, 4) is 28.5 Å². The minimum absolute atomic E-state index is 0.620. The number of nitriles is 1. The number of pyridine rings is 1. The van der Waals surface area contributed by atoms with Crippen LogP contribution in [0.25, 0.3) is 27.2 Å². The van der Waals surface area contributed by atoms with Gasteiger partial charge in [0.1, 0.15) is 0 Å². The van der Waals surface area contributed by atoms with Gasteiger partial charge in [-0.1, -0.05) is 36.4 Å². The van der Waals surface area contributed by atoms with E-state index in [0.717, 1.165) is 27.9 Å². The van der Waals surface area contributed by atoms with Crippen molar-refractivity contribution in [2.45, 2.75) is 6.92 Å². The lowest BCUT2D eigenvalue weighted by Gasteiger charge is -2.10. The standard InChI is InChI=1S/C20H13N3/c1-14-11-19(16-7-9-18(22-2)10-8-16)20(23-13-14)17-5-3-15(12-21)4-6-17/h3-11,13H,1H3. The monoisotopic (exact) mass is 295 g/mol. The van der Waals surface area contributed by atoms with Crippen molar-refractivity contribution >= 4 is 5.69 Å². The predicted octanol–water partition coefficient (Wildman–Crippen LogP) is 5.15. The fraction of sp³-hybridized carbons (Fsp3) is 0.0500. The number of hydrogen-bond donors (Lipinski definition) is 0. The molecular formula is C20H13N3. The van der Waals surface area contributed by atoms with E-state index in [9.17, 15) is 0 Å². The average Bonchev–Trinajstić information content (AvgIpc) is 2.62. The summed E-state index contributed by atoms with van der Waals surface area (Å²) in [5.74, 6) is 0. The summed E-state index contributed by atoms with van der Waals surface area (Å²) < 4.78 is 0. The first kappa shape index (κ1) is 14.5. The number of aryl methyl sites for hydroxylation is 1. The zero-order valence-corrected chi connectivity index (χ0v) is 12.6. The Morgan fingerprint density at radius 2 is 1.65 bits per heavy atom. The highest BCUT2D eigenvalue weighted by Gasteiger charge is 2.10. The third-order valence-electron chi connectivity index (χ3n) is 3.62. The Bertz CT molecular complexity index is 925. The molecule has 0 N–H and O–H groups in total. The van der Waals surface area contributed by atoms with E-state index in [4.69, 9.17) is 11.8 Å². The lowest BCUT2D eigenvalue weighted by atomic mass is 9.97. The Balaban J connectivity index is 2.14. The van der Waals surface area contributed by atoms with E-state index < -0.39 is 0 Å². The molecule has 1 aromatic heterocycles. The van der Waals surface area contributed by atoms with Crippen LogP contribution >= 0.6 is 0 Å². The molecule has 3 heteroatoms. The molecule has 3 rings (SSSR count). The summed E-state index contributed by atoms with van der Waals surface area (Å²) in [5, 5.41) is 8.93. The Morgan fingerprint density at radius 1 is 1.00 bits per heavy atom. The summed E-state index contributed by atoms with van der Waals surface area (Å²) in [5.41, 5.74) is 6.20. The van der Waals surface area contributed by atoms with E-state index in [1.54, 1.807) is 12.1 Å². The molecule has 0 amide bonds. The van der Waals surface area contributed by atoms with Crippen LogP contribution in [0.1, 0.15) is 11.1 Å². The highest BCUT2D eigenvalue weighted by molar-refractivity contribution is 5.81. The normalized spacial score (nSPS) is 9.87. The van der Waals surface area contributed by atoms with Gasteiger partial charge in [0.25, 0.3) is 0 Å². The largest absolute Gasteiger partial charge is 0.255 e. The highest BCUT2D eigenvalue weighted by Crippen LogP contribution is 2.32. The summed E-state index contributed by atoms with van der Waals surface area (Å²) >= 11 is 0. The fourth-order valence-electron chi connectivity index (χ4n) is 2.44. The topological polar surface area (TPSA) is 41.0 Å². The van der Waals surface area contributed by atoms with Crippen LogP contribution in [-0.2, 0) is 0 Å². The molecule has 23 heavy (non-hydrogen) atoms. The van der Waals surface area contributed by atoms with Gasteiger partial charge in [-0.25, -0.2) is 4.85 Å². The first-order valence-electron chi connectivity index (χ1n) is 7.16. The van der Waals surface area contributed by atoms with Gasteiger partial charge in [-0.05, 0) is 36.2 Å². The third-order valence-corrected chi connectivity index (χ3v) is 3.62. The SMILES string of the molecule is [C-]#[N+]c1ccc(-c2cc(C)cnc2-c2ccc(C#N)cc2)cc1. The molecule has 0 fully saturated rings. The van der Waals surface area contributed by atoms with Gasteiger partial charge < -0.3 is 0 Å². The molecule has 0 radical (unpaired) electrons. The second-order valence-electron chi connectivity index (χ2n) is 5.26. The molecule has 0 bridgehead atoms.